The lowest BCUT2D eigenvalue weighted by Crippen LogP contribution is -2.19. The fraction of sp³-hybridized carbons (Fsp3) is 0.571. The Labute approximate surface area is 103 Å². The summed E-state index contributed by atoms with van der Waals surface area (Å²) >= 11 is 0. The van der Waals surface area contributed by atoms with Gasteiger partial charge in [0.15, 0.2) is 0 Å². The van der Waals surface area contributed by atoms with Gasteiger partial charge in [-0.05, 0) is 36.8 Å². The first-order valence-electron chi connectivity index (χ1n) is 6.30. The predicted molar refractivity (Wildman–Crippen MR) is 67.3 cm³/mol. The number of allylic oxidation sites excluding steroid dienone is 2. The summed E-state index contributed by atoms with van der Waals surface area (Å²) in [6, 6.07) is 3.84. The quantitative estimate of drug-likeness (QED) is 0.798. The lowest BCUT2D eigenvalue weighted by Gasteiger charge is -2.24. The van der Waals surface area contributed by atoms with Gasteiger partial charge >= 0.3 is 0 Å². The van der Waals surface area contributed by atoms with E-state index in [0.29, 0.717) is 19.1 Å². The first-order valence-corrected chi connectivity index (χ1v) is 6.30. The molecule has 1 aromatic rings. The third-order valence-electron chi connectivity index (χ3n) is 3.41. The zero-order chi connectivity index (χ0) is 12.1. The van der Waals surface area contributed by atoms with Crippen LogP contribution in [0, 0.1) is 11.8 Å². The predicted octanol–water partition coefficient (Wildman–Crippen LogP) is 2.86. The molecule has 1 aliphatic rings. The van der Waals surface area contributed by atoms with E-state index in [1.807, 2.05) is 12.1 Å². The second-order valence-corrected chi connectivity index (χ2v) is 4.77. The highest BCUT2D eigenvalue weighted by molar-refractivity contribution is 5.05. The molecule has 17 heavy (non-hydrogen) atoms. The van der Waals surface area contributed by atoms with Gasteiger partial charge in [0.2, 0.25) is 0 Å². The molecule has 1 aliphatic carbocycles. The molecule has 0 aliphatic heterocycles. The molecule has 3 heteroatoms. The molecule has 0 fully saturated rings. The maximum absolute atomic E-state index is 5.72. The average Bonchev–Trinajstić information content (AvgIpc) is 2.80. The van der Waals surface area contributed by atoms with Gasteiger partial charge in [0.05, 0.1) is 13.2 Å². The van der Waals surface area contributed by atoms with Crippen molar-refractivity contribution < 1.29 is 9.15 Å². The van der Waals surface area contributed by atoms with Crippen molar-refractivity contribution >= 4 is 0 Å². The molecule has 1 heterocycles. The fourth-order valence-corrected chi connectivity index (χ4v) is 2.16. The van der Waals surface area contributed by atoms with Gasteiger partial charge in [0, 0.05) is 0 Å². The van der Waals surface area contributed by atoms with E-state index in [0.717, 1.165) is 30.5 Å². The second-order valence-electron chi connectivity index (χ2n) is 4.77. The molecule has 0 spiro atoms. The number of furan rings is 1. The van der Waals surface area contributed by atoms with Crippen molar-refractivity contribution in [2.75, 3.05) is 6.61 Å². The molecule has 0 saturated heterocycles. The van der Waals surface area contributed by atoms with Crippen molar-refractivity contribution in [2.45, 2.75) is 32.9 Å². The Balaban J connectivity index is 1.73. The molecular formula is C14H21NO2. The Morgan fingerprint density at radius 2 is 2.06 bits per heavy atom. The standard InChI is InChI=1S/C14H21NO2/c1-11-4-2-3-5-12(11)9-16-10-14-7-6-13(8-15)17-14/h2-3,6-7,11-12H,4-5,8-10,15H2,1H3. The Hall–Kier alpha value is -1.06. The summed E-state index contributed by atoms with van der Waals surface area (Å²) in [6.45, 7) is 4.10. The zero-order valence-corrected chi connectivity index (χ0v) is 10.4. The van der Waals surface area contributed by atoms with Gasteiger partial charge in [0.1, 0.15) is 18.1 Å². The lowest BCUT2D eigenvalue weighted by atomic mass is 9.85. The lowest BCUT2D eigenvalue weighted by molar-refractivity contribution is 0.0578. The van der Waals surface area contributed by atoms with Crippen LogP contribution in [-0.2, 0) is 17.9 Å². The third kappa shape index (κ3) is 3.45. The smallest absolute Gasteiger partial charge is 0.129 e. The van der Waals surface area contributed by atoms with E-state index in [9.17, 15) is 0 Å². The normalized spacial score (nSPS) is 24.1. The van der Waals surface area contributed by atoms with Gasteiger partial charge < -0.3 is 14.9 Å². The van der Waals surface area contributed by atoms with E-state index in [1.165, 1.54) is 6.42 Å². The van der Waals surface area contributed by atoms with Crippen LogP contribution in [0.1, 0.15) is 31.3 Å². The van der Waals surface area contributed by atoms with E-state index in [1.54, 1.807) is 0 Å². The van der Waals surface area contributed by atoms with Crippen LogP contribution in [-0.4, -0.2) is 6.61 Å². The molecular weight excluding hydrogens is 214 g/mol. The molecule has 2 rings (SSSR count). The Morgan fingerprint density at radius 3 is 2.76 bits per heavy atom. The molecule has 0 amide bonds. The monoisotopic (exact) mass is 235 g/mol. The van der Waals surface area contributed by atoms with Gasteiger partial charge in [-0.25, -0.2) is 0 Å². The van der Waals surface area contributed by atoms with Crippen molar-refractivity contribution in [1.82, 2.24) is 0 Å². The van der Waals surface area contributed by atoms with Crippen LogP contribution >= 0.6 is 0 Å². The Bertz CT molecular complexity index is 370. The highest BCUT2D eigenvalue weighted by Crippen LogP contribution is 2.25. The second kappa shape index (κ2) is 6.03. The summed E-state index contributed by atoms with van der Waals surface area (Å²) in [4.78, 5) is 0. The van der Waals surface area contributed by atoms with Crippen LogP contribution in [0.3, 0.4) is 0 Å². The fourth-order valence-electron chi connectivity index (χ4n) is 2.16. The average molecular weight is 235 g/mol. The maximum atomic E-state index is 5.72. The summed E-state index contributed by atoms with van der Waals surface area (Å²) in [5, 5.41) is 0. The van der Waals surface area contributed by atoms with Gasteiger partial charge in [-0.1, -0.05) is 19.1 Å². The van der Waals surface area contributed by atoms with Gasteiger partial charge in [-0.2, -0.15) is 0 Å². The van der Waals surface area contributed by atoms with E-state index in [4.69, 9.17) is 14.9 Å². The van der Waals surface area contributed by atoms with Crippen LogP contribution in [0.25, 0.3) is 0 Å². The Kier molecular flexibility index (Phi) is 4.40. The van der Waals surface area contributed by atoms with E-state index in [2.05, 4.69) is 19.1 Å². The van der Waals surface area contributed by atoms with Gasteiger partial charge in [0.25, 0.3) is 0 Å². The molecule has 2 unspecified atom stereocenters. The molecule has 94 valence electrons. The Morgan fingerprint density at radius 1 is 1.29 bits per heavy atom. The minimum atomic E-state index is 0.449. The van der Waals surface area contributed by atoms with Crippen molar-refractivity contribution in [1.29, 1.82) is 0 Å². The van der Waals surface area contributed by atoms with Crippen molar-refractivity contribution in [3.63, 3.8) is 0 Å². The number of ether oxygens (including phenoxy) is 1. The van der Waals surface area contributed by atoms with Crippen LogP contribution < -0.4 is 5.73 Å². The van der Waals surface area contributed by atoms with E-state index in [-0.39, 0.29) is 0 Å². The molecule has 2 N–H and O–H groups in total. The first kappa shape index (κ1) is 12.4. The highest BCUT2D eigenvalue weighted by atomic mass is 16.5. The molecule has 0 radical (unpaired) electrons. The SMILES string of the molecule is CC1CC=CCC1COCc1ccc(CN)o1. The topological polar surface area (TPSA) is 48.4 Å². The van der Waals surface area contributed by atoms with Gasteiger partial charge in [-0.3, -0.25) is 0 Å². The highest BCUT2D eigenvalue weighted by Gasteiger charge is 2.18. The molecule has 0 aromatic carbocycles. The summed E-state index contributed by atoms with van der Waals surface area (Å²) < 4.78 is 11.2. The van der Waals surface area contributed by atoms with E-state index >= 15 is 0 Å². The van der Waals surface area contributed by atoms with E-state index < -0.39 is 0 Å². The molecule has 2 atom stereocenters. The number of nitrogens with two attached hydrogens (primary N) is 1. The van der Waals surface area contributed by atoms with Crippen LogP contribution in [0.5, 0.6) is 0 Å². The molecule has 0 bridgehead atoms. The van der Waals surface area contributed by atoms with Gasteiger partial charge in [-0.15, -0.1) is 0 Å². The summed E-state index contributed by atoms with van der Waals surface area (Å²) in [5.74, 6) is 3.04. The maximum Gasteiger partial charge on any atom is 0.129 e. The molecule has 0 saturated carbocycles. The number of hydrogen-bond donors (Lipinski definition) is 1. The van der Waals surface area contributed by atoms with Crippen molar-refractivity contribution in [3.05, 3.63) is 35.8 Å². The number of rotatable bonds is 5. The molecule has 1 aromatic heterocycles. The first-order chi connectivity index (χ1) is 8.29. The van der Waals surface area contributed by atoms with Crippen LogP contribution in [0.4, 0.5) is 0 Å². The van der Waals surface area contributed by atoms with Crippen molar-refractivity contribution in [2.24, 2.45) is 17.6 Å². The minimum Gasteiger partial charge on any atom is -0.462 e. The van der Waals surface area contributed by atoms with Crippen molar-refractivity contribution in [3.8, 4) is 0 Å². The summed E-state index contributed by atoms with van der Waals surface area (Å²) in [5.41, 5.74) is 5.48. The van der Waals surface area contributed by atoms with Crippen LogP contribution in [0.2, 0.25) is 0 Å². The largest absolute Gasteiger partial charge is 0.462 e. The number of hydrogen-bond acceptors (Lipinski definition) is 3. The zero-order valence-electron chi connectivity index (χ0n) is 10.4. The summed E-state index contributed by atoms with van der Waals surface area (Å²) in [6.07, 6.45) is 6.83. The minimum absolute atomic E-state index is 0.449. The molecule has 3 nitrogen and oxygen atoms in total. The van der Waals surface area contributed by atoms with Crippen LogP contribution in [0.15, 0.2) is 28.7 Å². The third-order valence-corrected chi connectivity index (χ3v) is 3.41. The summed E-state index contributed by atoms with van der Waals surface area (Å²) in [7, 11) is 0.